The second-order valence-corrected chi connectivity index (χ2v) is 4.19. The number of rotatable bonds is 3. The van der Waals surface area contributed by atoms with Gasteiger partial charge in [0.05, 0.1) is 0 Å². The van der Waals surface area contributed by atoms with Crippen LogP contribution in [-0.2, 0) is 0 Å². The lowest BCUT2D eigenvalue weighted by Crippen LogP contribution is -2.14. The van der Waals surface area contributed by atoms with Crippen molar-refractivity contribution in [2.45, 2.75) is 13.8 Å². The highest BCUT2D eigenvalue weighted by atomic mass is 16.5. The molecule has 0 bridgehead atoms. The molecule has 4 heteroatoms. The lowest BCUT2D eigenvalue weighted by atomic mass is 10.1. The van der Waals surface area contributed by atoms with Gasteiger partial charge in [-0.3, -0.25) is 5.41 Å². The molecule has 0 saturated carbocycles. The van der Waals surface area contributed by atoms with Gasteiger partial charge in [0, 0.05) is 6.20 Å². The third-order valence-corrected chi connectivity index (χ3v) is 2.45. The molecule has 0 aliphatic heterocycles. The third kappa shape index (κ3) is 2.66. The molecule has 0 unspecified atom stereocenters. The van der Waals surface area contributed by atoms with E-state index in [1.54, 1.807) is 18.3 Å². The summed E-state index contributed by atoms with van der Waals surface area (Å²) in [6.07, 6.45) is 1.59. The summed E-state index contributed by atoms with van der Waals surface area (Å²) in [6.45, 7) is 4.02. The van der Waals surface area contributed by atoms with Gasteiger partial charge in [-0.2, -0.15) is 0 Å². The maximum absolute atomic E-state index is 7.46. The summed E-state index contributed by atoms with van der Waals surface area (Å²) in [5, 5.41) is 7.46. The fourth-order valence-corrected chi connectivity index (χ4v) is 1.79. The number of benzene rings is 1. The van der Waals surface area contributed by atoms with Crippen LogP contribution >= 0.6 is 0 Å². The second-order valence-electron chi connectivity index (χ2n) is 4.19. The molecule has 2 aromatic rings. The van der Waals surface area contributed by atoms with Gasteiger partial charge in [0.25, 0.3) is 0 Å². The van der Waals surface area contributed by atoms with Gasteiger partial charge in [0.15, 0.2) is 5.75 Å². The maximum Gasteiger partial charge on any atom is 0.156 e. The zero-order valence-corrected chi connectivity index (χ0v) is 10.4. The molecule has 0 atom stereocenters. The van der Waals surface area contributed by atoms with Gasteiger partial charge < -0.3 is 10.5 Å². The zero-order chi connectivity index (χ0) is 13.1. The van der Waals surface area contributed by atoms with E-state index in [1.165, 1.54) is 0 Å². The minimum Gasteiger partial charge on any atom is -0.455 e. The molecule has 4 nitrogen and oxygen atoms in total. The van der Waals surface area contributed by atoms with Crippen molar-refractivity contribution >= 4 is 5.84 Å². The molecule has 0 saturated heterocycles. The van der Waals surface area contributed by atoms with Gasteiger partial charge in [-0.05, 0) is 49.2 Å². The first-order valence-electron chi connectivity index (χ1n) is 5.62. The number of aryl methyl sites for hydroxylation is 2. The highest BCUT2D eigenvalue weighted by molar-refractivity contribution is 5.95. The van der Waals surface area contributed by atoms with E-state index in [2.05, 4.69) is 11.1 Å². The van der Waals surface area contributed by atoms with E-state index >= 15 is 0 Å². The summed E-state index contributed by atoms with van der Waals surface area (Å²) in [5.74, 6) is 1.12. The summed E-state index contributed by atoms with van der Waals surface area (Å²) in [6, 6.07) is 9.45. The first-order chi connectivity index (χ1) is 8.56. The third-order valence-electron chi connectivity index (χ3n) is 2.45. The van der Waals surface area contributed by atoms with Crippen LogP contribution in [0.3, 0.4) is 0 Å². The van der Waals surface area contributed by atoms with Crippen LogP contribution in [0, 0.1) is 19.3 Å². The van der Waals surface area contributed by atoms with Crippen molar-refractivity contribution in [2.24, 2.45) is 5.73 Å². The Bertz CT molecular complexity index is 573. The molecule has 0 radical (unpaired) electrons. The van der Waals surface area contributed by atoms with Crippen molar-refractivity contribution < 1.29 is 4.74 Å². The fraction of sp³-hybridized carbons (Fsp3) is 0.143. The van der Waals surface area contributed by atoms with Crippen LogP contribution < -0.4 is 10.5 Å². The maximum atomic E-state index is 7.46. The van der Waals surface area contributed by atoms with E-state index in [4.69, 9.17) is 15.9 Å². The van der Waals surface area contributed by atoms with E-state index < -0.39 is 0 Å². The summed E-state index contributed by atoms with van der Waals surface area (Å²) in [5.41, 5.74) is 8.07. The van der Waals surface area contributed by atoms with Crippen LogP contribution in [-0.4, -0.2) is 10.8 Å². The van der Waals surface area contributed by atoms with E-state index in [0.717, 1.165) is 16.9 Å². The summed E-state index contributed by atoms with van der Waals surface area (Å²) >= 11 is 0. The molecule has 3 N–H and O–H groups in total. The van der Waals surface area contributed by atoms with Crippen molar-refractivity contribution in [1.29, 1.82) is 5.41 Å². The number of hydrogen-bond acceptors (Lipinski definition) is 3. The van der Waals surface area contributed by atoms with Gasteiger partial charge in [0.2, 0.25) is 0 Å². The molecule has 1 aromatic carbocycles. The Morgan fingerprint density at radius 3 is 2.50 bits per heavy atom. The van der Waals surface area contributed by atoms with Crippen LogP contribution in [0.1, 0.15) is 16.8 Å². The minimum atomic E-state index is -0.102. The number of nitrogens with two attached hydrogens (primary N) is 1. The fourth-order valence-electron chi connectivity index (χ4n) is 1.79. The Labute approximate surface area is 106 Å². The average molecular weight is 241 g/mol. The molecular weight excluding hydrogens is 226 g/mol. The monoisotopic (exact) mass is 241 g/mol. The first-order valence-corrected chi connectivity index (χ1v) is 5.62. The molecule has 0 spiro atoms. The quantitative estimate of drug-likeness (QED) is 0.641. The van der Waals surface area contributed by atoms with Crippen molar-refractivity contribution in [3.8, 4) is 11.5 Å². The molecule has 1 heterocycles. The highest BCUT2D eigenvalue weighted by Gasteiger charge is 2.08. The van der Waals surface area contributed by atoms with Gasteiger partial charge in [-0.1, -0.05) is 6.07 Å². The van der Waals surface area contributed by atoms with E-state index in [9.17, 15) is 0 Å². The van der Waals surface area contributed by atoms with E-state index in [1.807, 2.05) is 26.0 Å². The number of nitrogen functional groups attached to an aromatic ring is 1. The normalized spacial score (nSPS) is 10.1. The Balaban J connectivity index is 2.37. The van der Waals surface area contributed by atoms with E-state index in [-0.39, 0.29) is 5.84 Å². The van der Waals surface area contributed by atoms with Crippen LogP contribution in [0.5, 0.6) is 11.5 Å². The Morgan fingerprint density at radius 2 is 1.89 bits per heavy atom. The number of aromatic nitrogens is 1. The van der Waals surface area contributed by atoms with Crippen LogP contribution in [0.25, 0.3) is 0 Å². The van der Waals surface area contributed by atoms with Crippen LogP contribution in [0.15, 0.2) is 36.5 Å². The van der Waals surface area contributed by atoms with Gasteiger partial charge in [-0.25, -0.2) is 4.98 Å². The number of ether oxygens (including phenoxy) is 1. The standard InChI is InChI=1S/C14H15N3O/c1-9-6-10(2)8-11(7-9)18-12-4-3-5-17-13(12)14(15)16/h3-8H,1-2H3,(H3,15,16). The molecule has 0 aliphatic carbocycles. The van der Waals surface area contributed by atoms with Crippen molar-refractivity contribution in [1.82, 2.24) is 4.98 Å². The lowest BCUT2D eigenvalue weighted by Gasteiger charge is -2.10. The SMILES string of the molecule is Cc1cc(C)cc(Oc2cccnc2C(=N)N)c1. The summed E-state index contributed by atoms with van der Waals surface area (Å²) in [7, 11) is 0. The minimum absolute atomic E-state index is 0.102. The highest BCUT2D eigenvalue weighted by Crippen LogP contribution is 2.25. The van der Waals surface area contributed by atoms with Crippen LogP contribution in [0.4, 0.5) is 0 Å². The number of nitrogens with zero attached hydrogens (tertiary/aromatic N) is 1. The molecule has 2 rings (SSSR count). The average Bonchev–Trinajstić information content (AvgIpc) is 2.27. The summed E-state index contributed by atoms with van der Waals surface area (Å²) in [4.78, 5) is 4.04. The van der Waals surface area contributed by atoms with Gasteiger partial charge in [0.1, 0.15) is 17.3 Å². The molecule has 18 heavy (non-hydrogen) atoms. The molecule has 0 fully saturated rings. The predicted molar refractivity (Wildman–Crippen MR) is 71.2 cm³/mol. The molecule has 0 aliphatic rings. The number of hydrogen-bond donors (Lipinski definition) is 2. The topological polar surface area (TPSA) is 72.0 Å². The van der Waals surface area contributed by atoms with Crippen molar-refractivity contribution in [3.05, 3.63) is 53.3 Å². The second kappa shape index (κ2) is 4.87. The molecule has 1 aromatic heterocycles. The molecule has 0 amide bonds. The Morgan fingerprint density at radius 1 is 1.22 bits per heavy atom. The smallest absolute Gasteiger partial charge is 0.156 e. The number of pyridine rings is 1. The Hall–Kier alpha value is -2.36. The van der Waals surface area contributed by atoms with Crippen molar-refractivity contribution in [2.75, 3.05) is 0 Å². The molecular formula is C14H15N3O. The molecule has 92 valence electrons. The number of amidine groups is 1. The Kier molecular flexibility index (Phi) is 3.28. The predicted octanol–water partition coefficient (Wildman–Crippen LogP) is 2.77. The summed E-state index contributed by atoms with van der Waals surface area (Å²) < 4.78 is 5.75. The van der Waals surface area contributed by atoms with Gasteiger partial charge in [-0.15, -0.1) is 0 Å². The van der Waals surface area contributed by atoms with Crippen molar-refractivity contribution in [3.63, 3.8) is 0 Å². The van der Waals surface area contributed by atoms with E-state index in [0.29, 0.717) is 11.4 Å². The number of nitrogens with one attached hydrogen (secondary N) is 1. The lowest BCUT2D eigenvalue weighted by molar-refractivity contribution is 0.478. The zero-order valence-electron chi connectivity index (χ0n) is 10.4. The van der Waals surface area contributed by atoms with Gasteiger partial charge >= 0.3 is 0 Å². The first kappa shape index (κ1) is 12.1. The largest absolute Gasteiger partial charge is 0.455 e. The van der Waals surface area contributed by atoms with Crippen LogP contribution in [0.2, 0.25) is 0 Å².